The van der Waals surface area contributed by atoms with Crippen LogP contribution in [0.25, 0.3) is 10.8 Å². The van der Waals surface area contributed by atoms with E-state index in [2.05, 4.69) is 10.6 Å². The summed E-state index contributed by atoms with van der Waals surface area (Å²) < 4.78 is 34.2. The number of hydrogen-bond donors (Lipinski definition) is 2. The molecule has 0 aromatic heterocycles. The lowest BCUT2D eigenvalue weighted by atomic mass is 10.1. The first kappa shape index (κ1) is 26.3. The topological polar surface area (TPSA) is 53.6 Å². The van der Waals surface area contributed by atoms with E-state index >= 15 is 0 Å². The molecule has 1 amide bonds. The highest BCUT2D eigenvalue weighted by Crippen LogP contribution is 2.42. The Morgan fingerprint density at radius 3 is 2.27 bits per heavy atom. The van der Waals surface area contributed by atoms with Crippen molar-refractivity contribution in [1.82, 2.24) is 5.32 Å². The van der Waals surface area contributed by atoms with Gasteiger partial charge in [0.15, 0.2) is 5.11 Å². The third-order valence-electron chi connectivity index (χ3n) is 5.87. The molecule has 0 atom stereocenters. The summed E-state index contributed by atoms with van der Waals surface area (Å²) in [5.74, 6) is -1.83. The Morgan fingerprint density at radius 2 is 1.62 bits per heavy atom. The molecule has 37 heavy (non-hydrogen) atoms. The molecule has 0 saturated heterocycles. The quantitative estimate of drug-likeness (QED) is 0.259. The minimum atomic E-state index is -0.999. The summed E-state index contributed by atoms with van der Waals surface area (Å²) in [6.07, 6.45) is 0. The van der Waals surface area contributed by atoms with Crippen LogP contribution in [0.2, 0.25) is 5.02 Å². The second-order valence-corrected chi connectivity index (χ2v) is 9.43. The summed E-state index contributed by atoms with van der Waals surface area (Å²) >= 11 is 11.9. The van der Waals surface area contributed by atoms with Gasteiger partial charge in [0.2, 0.25) is 0 Å². The van der Waals surface area contributed by atoms with Crippen LogP contribution in [0.4, 0.5) is 20.2 Å². The Bertz CT molecular complexity index is 1520. The first-order chi connectivity index (χ1) is 17.6. The number of hydrogen-bond acceptors (Lipinski definition) is 4. The second kappa shape index (κ2) is 10.7. The molecule has 0 fully saturated rings. The fraction of sp³-hybridized carbons (Fsp3) is 0.143. The van der Waals surface area contributed by atoms with Gasteiger partial charge in [-0.25, -0.2) is 8.78 Å². The highest BCUT2D eigenvalue weighted by atomic mass is 35.5. The summed E-state index contributed by atoms with van der Waals surface area (Å²) in [6, 6.07) is 16.8. The molecular weight excluding hydrogens is 516 g/mol. The molecule has 0 bridgehead atoms. The van der Waals surface area contributed by atoms with Gasteiger partial charge in [0, 0.05) is 36.2 Å². The van der Waals surface area contributed by atoms with Crippen LogP contribution in [0.1, 0.15) is 21.5 Å². The van der Waals surface area contributed by atoms with Gasteiger partial charge in [-0.2, -0.15) is 0 Å². The van der Waals surface area contributed by atoms with Crippen LogP contribution in [0, 0.1) is 25.5 Å². The SMILES string of the molecule is Cc1cc(NC(=S)NC(=O)c2c(F)cccc2F)c(C)c(Cl)c1Oc1ccc(N(C)C)c2ccccc12. The third kappa shape index (κ3) is 5.35. The average Bonchev–Trinajstić information content (AvgIpc) is 2.84. The van der Waals surface area contributed by atoms with Crippen molar-refractivity contribution >= 4 is 57.0 Å². The molecular formula is C28H24ClF2N3O2S. The number of nitrogens with zero attached hydrogens (tertiary/aromatic N) is 1. The van der Waals surface area contributed by atoms with Crippen LogP contribution in [-0.4, -0.2) is 25.1 Å². The van der Waals surface area contributed by atoms with Gasteiger partial charge in [-0.1, -0.05) is 41.9 Å². The van der Waals surface area contributed by atoms with Crippen molar-refractivity contribution in [3.63, 3.8) is 0 Å². The van der Waals surface area contributed by atoms with Crippen molar-refractivity contribution in [2.45, 2.75) is 13.8 Å². The zero-order chi connectivity index (χ0) is 26.9. The second-order valence-electron chi connectivity index (χ2n) is 8.64. The fourth-order valence-electron chi connectivity index (χ4n) is 3.99. The summed E-state index contributed by atoms with van der Waals surface area (Å²) in [4.78, 5) is 14.4. The van der Waals surface area contributed by atoms with E-state index in [1.165, 1.54) is 6.07 Å². The molecule has 4 aromatic rings. The van der Waals surface area contributed by atoms with Gasteiger partial charge in [-0.3, -0.25) is 10.1 Å². The Balaban J connectivity index is 1.59. The molecule has 0 spiro atoms. The van der Waals surface area contributed by atoms with E-state index in [1.54, 1.807) is 13.0 Å². The van der Waals surface area contributed by atoms with E-state index in [4.69, 9.17) is 28.6 Å². The lowest BCUT2D eigenvalue weighted by Gasteiger charge is -2.20. The fourth-order valence-corrected chi connectivity index (χ4v) is 4.48. The summed E-state index contributed by atoms with van der Waals surface area (Å²) in [5, 5.41) is 7.39. The average molecular weight is 540 g/mol. The lowest BCUT2D eigenvalue weighted by molar-refractivity contribution is 0.0969. The smallest absolute Gasteiger partial charge is 0.263 e. The third-order valence-corrected chi connectivity index (χ3v) is 6.53. The maximum absolute atomic E-state index is 13.9. The number of ether oxygens (including phenoxy) is 1. The summed E-state index contributed by atoms with van der Waals surface area (Å²) in [7, 11) is 3.97. The largest absolute Gasteiger partial charge is 0.455 e. The molecule has 190 valence electrons. The predicted octanol–water partition coefficient (Wildman–Crippen LogP) is 7.37. The van der Waals surface area contributed by atoms with Gasteiger partial charge in [0.25, 0.3) is 5.91 Å². The molecule has 4 aromatic carbocycles. The normalized spacial score (nSPS) is 10.8. The van der Waals surface area contributed by atoms with Gasteiger partial charge >= 0.3 is 0 Å². The van der Waals surface area contributed by atoms with Crippen molar-refractivity contribution in [3.05, 3.63) is 94.0 Å². The van der Waals surface area contributed by atoms with Gasteiger partial charge in [0.1, 0.15) is 28.7 Å². The number of amides is 1. The first-order valence-corrected chi connectivity index (χ1v) is 12.1. The number of aryl methyl sites for hydroxylation is 1. The van der Waals surface area contributed by atoms with Gasteiger partial charge in [0.05, 0.1) is 5.02 Å². The minimum Gasteiger partial charge on any atom is -0.455 e. The molecule has 5 nitrogen and oxygen atoms in total. The number of benzene rings is 4. The molecule has 4 rings (SSSR count). The van der Waals surface area contributed by atoms with Gasteiger partial charge in [-0.15, -0.1) is 0 Å². The standard InChI is InChI=1S/C28H24ClF2N3O2S/c1-15-14-21(32-28(37)33-27(35)24-19(30)10-7-11-20(24)31)16(2)25(29)26(15)36-23-13-12-22(34(3)4)17-8-5-6-9-18(17)23/h5-14H,1-4H3,(H2,32,33,35,37). The number of nitrogens with one attached hydrogen (secondary N) is 2. The number of fused-ring (bicyclic) bond motifs is 1. The number of anilines is 2. The molecule has 2 N–H and O–H groups in total. The Hall–Kier alpha value is -3.75. The number of halogens is 3. The molecule has 0 saturated carbocycles. The Kier molecular flexibility index (Phi) is 7.61. The van der Waals surface area contributed by atoms with Crippen molar-refractivity contribution in [3.8, 4) is 11.5 Å². The van der Waals surface area contributed by atoms with Crippen LogP contribution in [0.3, 0.4) is 0 Å². The van der Waals surface area contributed by atoms with Crippen molar-refractivity contribution in [1.29, 1.82) is 0 Å². The number of carbonyl (C=O) groups is 1. The summed E-state index contributed by atoms with van der Waals surface area (Å²) in [5.41, 5.74) is 2.20. The molecule has 0 aliphatic carbocycles. The highest BCUT2D eigenvalue weighted by Gasteiger charge is 2.20. The minimum absolute atomic E-state index is 0.134. The van der Waals surface area contributed by atoms with E-state index in [1.807, 2.05) is 62.3 Å². The molecule has 0 aliphatic rings. The molecule has 0 aliphatic heterocycles. The van der Waals surface area contributed by atoms with Crippen LogP contribution in [0.5, 0.6) is 11.5 Å². The van der Waals surface area contributed by atoms with E-state index in [9.17, 15) is 13.6 Å². The van der Waals surface area contributed by atoms with E-state index in [0.717, 1.165) is 28.6 Å². The monoisotopic (exact) mass is 539 g/mol. The van der Waals surface area contributed by atoms with Crippen molar-refractivity contribution in [2.75, 3.05) is 24.3 Å². The van der Waals surface area contributed by atoms with Crippen LogP contribution in [-0.2, 0) is 0 Å². The molecule has 0 heterocycles. The highest BCUT2D eigenvalue weighted by molar-refractivity contribution is 7.80. The zero-order valence-electron chi connectivity index (χ0n) is 20.6. The number of thiocarbonyl (C=S) groups is 1. The van der Waals surface area contributed by atoms with Crippen LogP contribution in [0.15, 0.2) is 60.7 Å². The van der Waals surface area contributed by atoms with Crippen LogP contribution < -0.4 is 20.3 Å². The molecule has 0 unspecified atom stereocenters. The van der Waals surface area contributed by atoms with Gasteiger partial charge in [-0.05, 0) is 67.5 Å². The zero-order valence-corrected chi connectivity index (χ0v) is 22.2. The predicted molar refractivity (Wildman–Crippen MR) is 149 cm³/mol. The lowest BCUT2D eigenvalue weighted by Crippen LogP contribution is -2.35. The Labute approximate surface area is 224 Å². The first-order valence-electron chi connectivity index (χ1n) is 11.3. The number of rotatable bonds is 5. The van der Waals surface area contributed by atoms with Crippen molar-refractivity contribution in [2.24, 2.45) is 0 Å². The van der Waals surface area contributed by atoms with Crippen LogP contribution >= 0.6 is 23.8 Å². The molecule has 9 heteroatoms. The summed E-state index contributed by atoms with van der Waals surface area (Å²) in [6.45, 7) is 3.60. The van der Waals surface area contributed by atoms with E-state index < -0.39 is 23.1 Å². The van der Waals surface area contributed by atoms with Crippen molar-refractivity contribution < 1.29 is 18.3 Å². The Morgan fingerprint density at radius 1 is 0.973 bits per heavy atom. The van der Waals surface area contributed by atoms with E-state index in [-0.39, 0.29) is 5.11 Å². The maximum atomic E-state index is 13.9. The van der Waals surface area contributed by atoms with Gasteiger partial charge < -0.3 is 15.0 Å². The molecule has 0 radical (unpaired) electrons. The maximum Gasteiger partial charge on any atom is 0.263 e. The number of carbonyl (C=O) groups excluding carboxylic acids is 1. The van der Waals surface area contributed by atoms with E-state index in [0.29, 0.717) is 33.3 Å².